The van der Waals surface area contributed by atoms with E-state index in [0.29, 0.717) is 56.5 Å². The number of fused-ring (bicyclic) bond motifs is 1. The van der Waals surface area contributed by atoms with Crippen molar-refractivity contribution in [3.05, 3.63) is 48.0 Å². The van der Waals surface area contributed by atoms with Crippen LogP contribution in [-0.2, 0) is 26.1 Å². The highest BCUT2D eigenvalue weighted by molar-refractivity contribution is 7.89. The van der Waals surface area contributed by atoms with Gasteiger partial charge in [0.05, 0.1) is 24.5 Å². The van der Waals surface area contributed by atoms with Crippen LogP contribution in [0.15, 0.2) is 47.4 Å². The average Bonchev–Trinajstić information content (AvgIpc) is 2.89. The van der Waals surface area contributed by atoms with Gasteiger partial charge in [-0.3, -0.25) is 4.79 Å². The molecule has 0 N–H and O–H groups in total. The first-order valence-corrected chi connectivity index (χ1v) is 13.5. The minimum absolute atomic E-state index is 0.101. The van der Waals surface area contributed by atoms with Gasteiger partial charge >= 0.3 is 5.97 Å². The molecule has 0 radical (unpaired) electrons. The van der Waals surface area contributed by atoms with E-state index in [9.17, 15) is 13.2 Å². The standard InChI is InChI=1S/C26H33NO7S/c1-3-32-26(28)21-8-4-19(5-9-21)17-27(18-20-6-10-22(31-2)11-7-20)35(29,30)23-12-13-24-25(16-23)34-15-14-33-24/h6-7,10-13,16,19,21H,3-5,8-9,14-15,17-18H2,1-2H3. The number of hydrogen-bond acceptors (Lipinski definition) is 7. The molecule has 0 aromatic heterocycles. The van der Waals surface area contributed by atoms with E-state index in [2.05, 4.69) is 0 Å². The van der Waals surface area contributed by atoms with Crippen molar-refractivity contribution < 1.29 is 32.2 Å². The van der Waals surface area contributed by atoms with Crippen molar-refractivity contribution in [1.82, 2.24) is 4.31 Å². The van der Waals surface area contributed by atoms with Crippen molar-refractivity contribution in [3.8, 4) is 17.2 Å². The maximum absolute atomic E-state index is 13.8. The van der Waals surface area contributed by atoms with Gasteiger partial charge in [0.2, 0.25) is 10.0 Å². The second-order valence-corrected chi connectivity index (χ2v) is 10.9. The summed E-state index contributed by atoms with van der Waals surface area (Å²) in [6, 6.07) is 12.2. The summed E-state index contributed by atoms with van der Waals surface area (Å²) >= 11 is 0. The summed E-state index contributed by atoms with van der Waals surface area (Å²) < 4.78 is 50.7. The van der Waals surface area contributed by atoms with Crippen LogP contribution in [0.2, 0.25) is 0 Å². The fourth-order valence-corrected chi connectivity index (χ4v) is 6.16. The molecule has 0 spiro atoms. The molecule has 1 saturated carbocycles. The number of benzene rings is 2. The van der Waals surface area contributed by atoms with Crippen LogP contribution in [0.4, 0.5) is 0 Å². The predicted molar refractivity (Wildman–Crippen MR) is 130 cm³/mol. The maximum Gasteiger partial charge on any atom is 0.308 e. The van der Waals surface area contributed by atoms with Gasteiger partial charge < -0.3 is 18.9 Å². The smallest absolute Gasteiger partial charge is 0.308 e. The Morgan fingerprint density at radius 2 is 1.69 bits per heavy atom. The lowest BCUT2D eigenvalue weighted by molar-refractivity contribution is -0.149. The zero-order valence-corrected chi connectivity index (χ0v) is 21.1. The highest BCUT2D eigenvalue weighted by Gasteiger charge is 2.33. The SMILES string of the molecule is CCOC(=O)C1CCC(CN(Cc2ccc(OC)cc2)S(=O)(=O)c2ccc3c(c2)OCCO3)CC1. The summed E-state index contributed by atoms with van der Waals surface area (Å²) in [6.45, 7) is 3.62. The summed E-state index contributed by atoms with van der Waals surface area (Å²) in [5.41, 5.74) is 0.868. The number of esters is 1. The molecule has 190 valence electrons. The molecule has 8 nitrogen and oxygen atoms in total. The molecule has 1 aliphatic carbocycles. The number of nitrogens with zero attached hydrogens (tertiary/aromatic N) is 1. The Balaban J connectivity index is 1.54. The molecule has 2 aromatic rings. The lowest BCUT2D eigenvalue weighted by atomic mass is 9.82. The van der Waals surface area contributed by atoms with Crippen LogP contribution in [0, 0.1) is 11.8 Å². The number of carbonyl (C=O) groups excluding carboxylic acids is 1. The molecule has 1 heterocycles. The van der Waals surface area contributed by atoms with Gasteiger partial charge in [0.15, 0.2) is 11.5 Å². The van der Waals surface area contributed by atoms with Gasteiger partial charge in [0, 0.05) is 19.2 Å². The van der Waals surface area contributed by atoms with E-state index in [4.69, 9.17) is 18.9 Å². The third-order valence-corrected chi connectivity index (χ3v) is 8.41. The first-order chi connectivity index (χ1) is 16.9. The Kier molecular flexibility index (Phi) is 8.18. The van der Waals surface area contributed by atoms with E-state index in [1.54, 1.807) is 25.3 Å². The molecule has 9 heteroatoms. The molecular weight excluding hydrogens is 470 g/mol. The number of ether oxygens (including phenoxy) is 4. The van der Waals surface area contributed by atoms with Gasteiger partial charge in [-0.25, -0.2) is 8.42 Å². The second kappa shape index (κ2) is 11.3. The highest BCUT2D eigenvalue weighted by atomic mass is 32.2. The Labute approximate surface area is 207 Å². The normalized spacial score (nSPS) is 19.9. The van der Waals surface area contributed by atoms with Gasteiger partial charge in [-0.15, -0.1) is 0 Å². The largest absolute Gasteiger partial charge is 0.497 e. The van der Waals surface area contributed by atoms with E-state index < -0.39 is 10.0 Å². The zero-order chi connectivity index (χ0) is 24.8. The molecule has 1 fully saturated rings. The highest BCUT2D eigenvalue weighted by Crippen LogP contribution is 2.35. The van der Waals surface area contributed by atoms with Crippen LogP contribution in [0.3, 0.4) is 0 Å². The maximum atomic E-state index is 13.8. The van der Waals surface area contributed by atoms with E-state index >= 15 is 0 Å². The molecule has 0 amide bonds. The monoisotopic (exact) mass is 503 g/mol. The fraction of sp³-hybridized carbons (Fsp3) is 0.500. The van der Waals surface area contributed by atoms with Crippen molar-refractivity contribution in [2.45, 2.75) is 44.0 Å². The Morgan fingerprint density at radius 1 is 1.00 bits per heavy atom. The van der Waals surface area contributed by atoms with Crippen molar-refractivity contribution in [3.63, 3.8) is 0 Å². The third-order valence-electron chi connectivity index (χ3n) is 6.60. The summed E-state index contributed by atoms with van der Waals surface area (Å²) in [5.74, 6) is 1.62. The molecule has 2 aromatic carbocycles. The molecule has 2 aliphatic rings. The summed E-state index contributed by atoms with van der Waals surface area (Å²) in [7, 11) is -2.21. The fourth-order valence-electron chi connectivity index (χ4n) is 4.64. The van der Waals surface area contributed by atoms with Crippen molar-refractivity contribution in [1.29, 1.82) is 0 Å². The quantitative estimate of drug-likeness (QED) is 0.477. The van der Waals surface area contributed by atoms with Crippen molar-refractivity contribution in [2.24, 2.45) is 11.8 Å². The lowest BCUT2D eigenvalue weighted by Gasteiger charge is -2.32. The van der Waals surface area contributed by atoms with Crippen LogP contribution >= 0.6 is 0 Å². The van der Waals surface area contributed by atoms with Crippen LogP contribution in [0.25, 0.3) is 0 Å². The van der Waals surface area contributed by atoms with E-state index in [0.717, 1.165) is 18.4 Å². The number of rotatable bonds is 9. The van der Waals surface area contributed by atoms with Crippen LogP contribution in [-0.4, -0.2) is 52.2 Å². The first kappa shape index (κ1) is 25.3. The summed E-state index contributed by atoms with van der Waals surface area (Å²) in [4.78, 5) is 12.3. The number of carbonyl (C=O) groups is 1. The van der Waals surface area contributed by atoms with Gasteiger partial charge in [0.1, 0.15) is 19.0 Å². The molecule has 0 saturated heterocycles. The van der Waals surface area contributed by atoms with Gasteiger partial charge in [-0.2, -0.15) is 4.31 Å². The number of hydrogen-bond donors (Lipinski definition) is 0. The Morgan fingerprint density at radius 3 is 2.34 bits per heavy atom. The number of sulfonamides is 1. The minimum atomic E-state index is -3.81. The van der Waals surface area contributed by atoms with Gasteiger partial charge in [0.25, 0.3) is 0 Å². The molecule has 4 rings (SSSR count). The predicted octanol–water partition coefficient (Wildman–Crippen LogP) is 4.03. The molecule has 1 aliphatic heterocycles. The third kappa shape index (κ3) is 6.08. The molecule has 35 heavy (non-hydrogen) atoms. The van der Waals surface area contributed by atoms with Crippen LogP contribution in [0.5, 0.6) is 17.2 Å². The summed E-state index contributed by atoms with van der Waals surface area (Å²) in [6.07, 6.45) is 2.98. The average molecular weight is 504 g/mol. The van der Waals surface area contributed by atoms with Crippen molar-refractivity contribution in [2.75, 3.05) is 33.5 Å². The molecule has 0 bridgehead atoms. The van der Waals surface area contributed by atoms with E-state index in [-0.39, 0.29) is 29.2 Å². The first-order valence-electron chi connectivity index (χ1n) is 12.1. The van der Waals surface area contributed by atoms with Crippen molar-refractivity contribution >= 4 is 16.0 Å². The van der Waals surface area contributed by atoms with E-state index in [1.807, 2.05) is 31.2 Å². The Bertz CT molecular complexity index is 1110. The Hall–Kier alpha value is -2.78. The molecular formula is C26H33NO7S. The van der Waals surface area contributed by atoms with Crippen LogP contribution < -0.4 is 14.2 Å². The zero-order valence-electron chi connectivity index (χ0n) is 20.3. The minimum Gasteiger partial charge on any atom is -0.497 e. The topological polar surface area (TPSA) is 91.4 Å². The van der Waals surface area contributed by atoms with E-state index in [1.165, 1.54) is 4.31 Å². The van der Waals surface area contributed by atoms with Gasteiger partial charge in [-0.1, -0.05) is 12.1 Å². The second-order valence-electron chi connectivity index (χ2n) is 8.92. The number of methoxy groups -OCH3 is 1. The molecule has 0 atom stereocenters. The van der Waals surface area contributed by atoms with Crippen LogP contribution in [0.1, 0.15) is 38.2 Å². The summed E-state index contributed by atoms with van der Waals surface area (Å²) in [5, 5.41) is 0. The molecule has 0 unspecified atom stereocenters. The van der Waals surface area contributed by atoms with Gasteiger partial charge in [-0.05, 0) is 68.4 Å². The lowest BCUT2D eigenvalue weighted by Crippen LogP contribution is -2.37.